The summed E-state index contributed by atoms with van der Waals surface area (Å²) in [5, 5.41) is 3.14. The number of hydrogen-bond donors (Lipinski definition) is 1. The van der Waals surface area contributed by atoms with Crippen LogP contribution in [0.25, 0.3) is 0 Å². The molecule has 3 aliphatic rings. The Kier molecular flexibility index (Phi) is 6.22. The summed E-state index contributed by atoms with van der Waals surface area (Å²) in [7, 11) is 0. The highest BCUT2D eigenvalue weighted by atomic mass is 79.9. The molecular weight excluding hydrogens is 556 g/mol. The molecule has 1 aromatic carbocycles. The van der Waals surface area contributed by atoms with Gasteiger partial charge < -0.3 is 10.1 Å². The van der Waals surface area contributed by atoms with Gasteiger partial charge in [0, 0.05) is 20.4 Å². The molecule has 1 aliphatic heterocycles. The number of nitrogens with one attached hydrogen (secondary N) is 1. The summed E-state index contributed by atoms with van der Waals surface area (Å²) in [4.78, 5) is 52.0. The molecule has 1 aromatic rings. The van der Waals surface area contributed by atoms with Gasteiger partial charge in [0.15, 0.2) is 6.61 Å². The van der Waals surface area contributed by atoms with Crippen molar-refractivity contribution < 1.29 is 23.9 Å². The first-order valence-corrected chi connectivity index (χ1v) is 12.2. The molecule has 31 heavy (non-hydrogen) atoms. The van der Waals surface area contributed by atoms with Crippen LogP contribution in [0.4, 0.5) is 5.69 Å². The number of ether oxygens (including phenoxy) is 1. The number of benzene rings is 1. The monoisotopic (exact) mass is 574 g/mol. The van der Waals surface area contributed by atoms with Crippen molar-refractivity contribution in [3.63, 3.8) is 0 Å². The highest BCUT2D eigenvalue weighted by molar-refractivity contribution is 9.12. The molecule has 0 aromatic heterocycles. The van der Waals surface area contributed by atoms with E-state index >= 15 is 0 Å². The number of imide groups is 1. The number of halogens is 3. The van der Waals surface area contributed by atoms with Crippen LogP contribution in [0.3, 0.4) is 0 Å². The Morgan fingerprint density at radius 2 is 1.77 bits per heavy atom. The molecule has 7 atom stereocenters. The van der Waals surface area contributed by atoms with Crippen LogP contribution in [0.2, 0.25) is 5.02 Å². The molecule has 10 heteroatoms. The lowest BCUT2D eigenvalue weighted by Gasteiger charge is -2.28. The van der Waals surface area contributed by atoms with E-state index in [1.807, 2.05) is 0 Å². The van der Waals surface area contributed by atoms with E-state index in [4.69, 9.17) is 16.3 Å². The zero-order chi connectivity index (χ0) is 22.6. The predicted molar refractivity (Wildman–Crippen MR) is 121 cm³/mol. The van der Waals surface area contributed by atoms with Crippen LogP contribution in [0.5, 0.6) is 0 Å². The lowest BCUT2D eigenvalue weighted by Crippen LogP contribution is -2.45. The van der Waals surface area contributed by atoms with Crippen molar-refractivity contribution in [2.75, 3.05) is 11.9 Å². The van der Waals surface area contributed by atoms with E-state index in [1.54, 1.807) is 25.1 Å². The van der Waals surface area contributed by atoms with Crippen LogP contribution >= 0.6 is 43.5 Å². The lowest BCUT2D eigenvalue weighted by atomic mass is 9.81. The van der Waals surface area contributed by atoms with E-state index < -0.39 is 36.4 Å². The van der Waals surface area contributed by atoms with Crippen molar-refractivity contribution in [2.24, 2.45) is 23.7 Å². The number of likely N-dealkylation sites (tertiary alicyclic amines) is 1. The molecular formula is C21H21Br2ClN2O5. The third kappa shape index (κ3) is 3.72. The van der Waals surface area contributed by atoms with Crippen molar-refractivity contribution >= 4 is 72.8 Å². The number of fused-ring (bicyclic) bond motifs is 5. The minimum atomic E-state index is -1.09. The second kappa shape index (κ2) is 8.48. The first kappa shape index (κ1) is 22.7. The molecule has 1 N–H and O–H groups in total. The fourth-order valence-electron chi connectivity index (χ4n) is 5.05. The van der Waals surface area contributed by atoms with Gasteiger partial charge in [0.2, 0.25) is 11.8 Å². The van der Waals surface area contributed by atoms with Crippen molar-refractivity contribution in [1.82, 2.24) is 4.90 Å². The number of nitrogens with zero attached hydrogens (tertiary/aromatic N) is 1. The Morgan fingerprint density at radius 1 is 1.19 bits per heavy atom. The molecule has 1 saturated heterocycles. The van der Waals surface area contributed by atoms with Crippen molar-refractivity contribution in [3.05, 3.63) is 28.8 Å². The Bertz CT molecular complexity index is 941. The summed E-state index contributed by atoms with van der Waals surface area (Å²) in [6, 6.07) is 4.00. The van der Waals surface area contributed by atoms with E-state index in [0.717, 1.165) is 11.3 Å². The van der Waals surface area contributed by atoms with Gasteiger partial charge >= 0.3 is 5.97 Å². The van der Waals surface area contributed by atoms with Crippen LogP contribution in [0.1, 0.15) is 18.9 Å². The number of rotatable bonds is 5. The fourth-order valence-corrected chi connectivity index (χ4v) is 7.09. The second-order valence-corrected chi connectivity index (χ2v) is 10.8. The second-order valence-electron chi connectivity index (χ2n) is 8.29. The standard InChI is InChI=1S/C21H21Br2ClN2O5/c1-8-12(24)4-3-5-13(8)25-14(27)7-31-21(30)9(2)26-19(28)15-10-6-11(16(15)20(26)29)18(23)17(10)22/h3-5,9-11,15-18H,6-7H2,1-2H3,(H,25,27)/t9-,10+,11+,15+,16+,17-,18-/m0/s1. The molecule has 0 spiro atoms. The first-order valence-electron chi connectivity index (χ1n) is 10.00. The topological polar surface area (TPSA) is 92.8 Å². The summed E-state index contributed by atoms with van der Waals surface area (Å²) < 4.78 is 5.10. The van der Waals surface area contributed by atoms with Crippen LogP contribution in [-0.2, 0) is 23.9 Å². The molecule has 3 amide bonds. The number of esters is 1. The Morgan fingerprint density at radius 3 is 2.35 bits per heavy atom. The van der Waals surface area contributed by atoms with E-state index in [-0.39, 0.29) is 33.3 Å². The Balaban J connectivity index is 1.38. The quantitative estimate of drug-likeness (QED) is 0.330. The largest absolute Gasteiger partial charge is 0.454 e. The van der Waals surface area contributed by atoms with E-state index in [0.29, 0.717) is 16.3 Å². The number of anilines is 1. The fraction of sp³-hybridized carbons (Fsp3) is 0.524. The van der Waals surface area contributed by atoms with Crippen LogP contribution in [0.15, 0.2) is 18.2 Å². The third-order valence-corrected chi connectivity index (χ3v) is 10.3. The number of hydrogen-bond acceptors (Lipinski definition) is 5. The smallest absolute Gasteiger partial charge is 0.329 e. The average Bonchev–Trinajstić information content (AvgIpc) is 3.34. The van der Waals surface area contributed by atoms with Gasteiger partial charge in [-0.3, -0.25) is 19.3 Å². The van der Waals surface area contributed by atoms with Crippen molar-refractivity contribution in [2.45, 2.75) is 36.0 Å². The van der Waals surface area contributed by atoms with Crippen LogP contribution in [-0.4, -0.2) is 50.9 Å². The minimum absolute atomic E-state index is 0.0655. The maximum absolute atomic E-state index is 13.0. The van der Waals surface area contributed by atoms with E-state index in [1.165, 1.54) is 6.92 Å². The van der Waals surface area contributed by atoms with Gasteiger partial charge in [0.05, 0.1) is 11.8 Å². The number of alkyl halides is 2. The molecule has 3 fully saturated rings. The van der Waals surface area contributed by atoms with Gasteiger partial charge in [-0.15, -0.1) is 0 Å². The Hall–Kier alpha value is -1.45. The maximum atomic E-state index is 13.0. The number of carbonyl (C=O) groups is 4. The summed E-state index contributed by atoms with van der Waals surface area (Å²) in [5.41, 5.74) is 1.21. The molecule has 2 bridgehead atoms. The third-order valence-electron chi connectivity index (χ3n) is 6.64. The lowest BCUT2D eigenvalue weighted by molar-refractivity contribution is -0.159. The minimum Gasteiger partial charge on any atom is -0.454 e. The highest BCUT2D eigenvalue weighted by Crippen LogP contribution is 2.60. The van der Waals surface area contributed by atoms with Gasteiger partial charge in [0.25, 0.3) is 5.91 Å². The van der Waals surface area contributed by atoms with E-state index in [2.05, 4.69) is 37.2 Å². The van der Waals surface area contributed by atoms with Gasteiger partial charge in [-0.05, 0) is 49.8 Å². The molecule has 2 saturated carbocycles. The summed E-state index contributed by atoms with van der Waals surface area (Å²) >= 11 is 13.3. The molecule has 0 unspecified atom stereocenters. The normalized spacial score (nSPS) is 32.2. The summed E-state index contributed by atoms with van der Waals surface area (Å²) in [5.74, 6) is -2.65. The van der Waals surface area contributed by atoms with Crippen molar-refractivity contribution in [1.29, 1.82) is 0 Å². The van der Waals surface area contributed by atoms with Crippen LogP contribution in [0, 0.1) is 30.6 Å². The highest BCUT2D eigenvalue weighted by Gasteiger charge is 2.67. The van der Waals surface area contributed by atoms with Gasteiger partial charge in [-0.1, -0.05) is 49.5 Å². The zero-order valence-corrected chi connectivity index (χ0v) is 20.7. The Labute approximate surface area is 201 Å². The molecule has 7 nitrogen and oxygen atoms in total. The number of amides is 3. The van der Waals surface area contributed by atoms with Gasteiger partial charge in [0.1, 0.15) is 6.04 Å². The summed E-state index contributed by atoms with van der Waals surface area (Å²) in [6.45, 7) is 2.68. The van der Waals surface area contributed by atoms with Gasteiger partial charge in [-0.2, -0.15) is 0 Å². The van der Waals surface area contributed by atoms with Crippen LogP contribution < -0.4 is 5.32 Å². The SMILES string of the molecule is Cc1c(Cl)cccc1NC(=O)COC(=O)[C@H](C)N1C(=O)[C@@H]2[C@H]3C[C@@H]([C@H](Br)[C@H]3Br)[C@H]2C1=O. The molecule has 0 radical (unpaired) electrons. The molecule has 1 heterocycles. The van der Waals surface area contributed by atoms with Gasteiger partial charge in [-0.25, -0.2) is 4.79 Å². The summed E-state index contributed by atoms with van der Waals surface area (Å²) in [6.07, 6.45) is 0.814. The van der Waals surface area contributed by atoms with Crippen molar-refractivity contribution in [3.8, 4) is 0 Å². The first-order chi connectivity index (χ1) is 14.6. The average molecular weight is 577 g/mol. The zero-order valence-electron chi connectivity index (χ0n) is 16.8. The number of carbonyl (C=O) groups excluding carboxylic acids is 4. The molecule has 4 rings (SSSR count). The predicted octanol–water partition coefficient (Wildman–Crippen LogP) is 3.30. The van der Waals surface area contributed by atoms with E-state index in [9.17, 15) is 19.2 Å². The maximum Gasteiger partial charge on any atom is 0.329 e. The molecule has 166 valence electrons. The molecule has 2 aliphatic carbocycles.